The molecular formula is C28H44BrN3O5. The number of carbonyl (C=O) groups is 3. The lowest BCUT2D eigenvalue weighted by Gasteiger charge is -2.40. The highest BCUT2D eigenvalue weighted by Gasteiger charge is 2.77. The Bertz CT molecular complexity index is 882. The number of aliphatic hydroxyl groups is 1. The van der Waals surface area contributed by atoms with Gasteiger partial charge in [0.15, 0.2) is 0 Å². The topological polar surface area (TPSA) is 90.4 Å². The minimum absolute atomic E-state index is 0.163. The van der Waals surface area contributed by atoms with Crippen LogP contribution in [0, 0.1) is 17.8 Å². The fourth-order valence-electron chi connectivity index (χ4n) is 6.55. The number of hydrogen-bond donors (Lipinski definition) is 1. The van der Waals surface area contributed by atoms with Crippen molar-refractivity contribution in [3.05, 3.63) is 25.3 Å². The van der Waals surface area contributed by atoms with Crippen LogP contribution in [0.2, 0.25) is 0 Å². The number of halogens is 1. The first-order valence-corrected chi connectivity index (χ1v) is 14.5. The zero-order valence-corrected chi connectivity index (χ0v) is 24.4. The number of unbranched alkanes of at least 4 members (excludes halogenated alkanes) is 2. The van der Waals surface area contributed by atoms with Crippen molar-refractivity contribution in [2.24, 2.45) is 17.8 Å². The highest BCUT2D eigenvalue weighted by Crippen LogP contribution is 2.61. The predicted molar refractivity (Wildman–Crippen MR) is 147 cm³/mol. The Morgan fingerprint density at radius 1 is 1.24 bits per heavy atom. The Balaban J connectivity index is 2.10. The van der Waals surface area contributed by atoms with Crippen LogP contribution in [0.1, 0.15) is 52.9 Å². The van der Waals surface area contributed by atoms with Crippen molar-refractivity contribution in [2.45, 2.75) is 81.5 Å². The zero-order chi connectivity index (χ0) is 27.5. The minimum atomic E-state index is -1.13. The van der Waals surface area contributed by atoms with Crippen LogP contribution in [0.15, 0.2) is 25.3 Å². The average molecular weight is 583 g/mol. The maximum absolute atomic E-state index is 14.3. The molecule has 9 heteroatoms. The van der Waals surface area contributed by atoms with Gasteiger partial charge in [0, 0.05) is 31.5 Å². The standard InChI is InChI=1S/C28H44BrN3O5/c1-7-10-11-14-31(13-9-3)27(36)24-28-16-20(29)23(37-28)21(25(34)30(6)12-8-2)22(28)26(35)32(24)19(17-33)15-18(4)5/h8-9,18-24,33H,2-3,7,10-17H2,1,4-6H3/t19-,20?,21-,22+,23-,24?,28?/m1/s1. The van der Waals surface area contributed by atoms with E-state index in [9.17, 15) is 19.5 Å². The van der Waals surface area contributed by atoms with Crippen molar-refractivity contribution < 1.29 is 24.2 Å². The summed E-state index contributed by atoms with van der Waals surface area (Å²) >= 11 is 3.72. The Hall–Kier alpha value is -1.71. The smallest absolute Gasteiger partial charge is 0.248 e. The molecule has 7 atom stereocenters. The van der Waals surface area contributed by atoms with Crippen molar-refractivity contribution in [1.29, 1.82) is 0 Å². The van der Waals surface area contributed by atoms with Gasteiger partial charge in [-0.3, -0.25) is 14.4 Å². The van der Waals surface area contributed by atoms with Crippen LogP contribution >= 0.6 is 15.9 Å². The molecule has 2 bridgehead atoms. The number of aliphatic hydroxyl groups excluding tert-OH is 1. The predicted octanol–water partition coefficient (Wildman–Crippen LogP) is 2.99. The number of carbonyl (C=O) groups excluding carboxylic acids is 3. The van der Waals surface area contributed by atoms with E-state index in [1.807, 2.05) is 13.8 Å². The van der Waals surface area contributed by atoms with Crippen molar-refractivity contribution in [3.8, 4) is 0 Å². The van der Waals surface area contributed by atoms with Crippen LogP contribution in [0.3, 0.4) is 0 Å². The van der Waals surface area contributed by atoms with Crippen LogP contribution < -0.4 is 0 Å². The molecule has 0 aromatic carbocycles. The Morgan fingerprint density at radius 3 is 2.49 bits per heavy atom. The van der Waals surface area contributed by atoms with Crippen molar-refractivity contribution >= 4 is 33.7 Å². The van der Waals surface area contributed by atoms with E-state index in [1.165, 1.54) is 0 Å². The quantitative estimate of drug-likeness (QED) is 0.193. The molecular weight excluding hydrogens is 538 g/mol. The fraction of sp³-hybridized carbons (Fsp3) is 0.750. The van der Waals surface area contributed by atoms with Gasteiger partial charge in [-0.2, -0.15) is 0 Å². The number of alkyl halides is 1. The lowest BCUT2D eigenvalue weighted by molar-refractivity contribution is -0.152. The number of amides is 3. The van der Waals surface area contributed by atoms with Gasteiger partial charge in [0.2, 0.25) is 17.7 Å². The zero-order valence-electron chi connectivity index (χ0n) is 22.8. The van der Waals surface area contributed by atoms with Gasteiger partial charge in [0.05, 0.1) is 30.6 Å². The number of nitrogens with zero attached hydrogens (tertiary/aromatic N) is 3. The summed E-state index contributed by atoms with van der Waals surface area (Å²) < 4.78 is 6.61. The molecule has 8 nitrogen and oxygen atoms in total. The minimum Gasteiger partial charge on any atom is -0.394 e. The molecule has 3 aliphatic rings. The first kappa shape index (κ1) is 29.8. The third-order valence-corrected chi connectivity index (χ3v) is 8.91. The second kappa shape index (κ2) is 12.4. The molecule has 37 heavy (non-hydrogen) atoms. The summed E-state index contributed by atoms with van der Waals surface area (Å²) in [6, 6.07) is -1.45. The van der Waals surface area contributed by atoms with Gasteiger partial charge in [-0.15, -0.1) is 13.2 Å². The fourth-order valence-corrected chi connectivity index (χ4v) is 7.50. The number of hydrogen-bond acceptors (Lipinski definition) is 5. The van der Waals surface area contributed by atoms with E-state index in [0.29, 0.717) is 32.5 Å². The lowest BCUT2D eigenvalue weighted by atomic mass is 9.70. The van der Waals surface area contributed by atoms with E-state index in [4.69, 9.17) is 4.74 Å². The first-order valence-electron chi connectivity index (χ1n) is 13.6. The maximum atomic E-state index is 14.3. The summed E-state index contributed by atoms with van der Waals surface area (Å²) in [5, 5.41) is 10.4. The molecule has 1 spiro atoms. The molecule has 3 fully saturated rings. The number of rotatable bonds is 14. The molecule has 1 N–H and O–H groups in total. The number of likely N-dealkylation sites (N-methyl/N-ethyl adjacent to an activating group) is 1. The molecule has 3 rings (SSSR count). The van der Waals surface area contributed by atoms with E-state index < -0.39 is 35.6 Å². The summed E-state index contributed by atoms with van der Waals surface area (Å²) in [6.45, 7) is 14.8. The Morgan fingerprint density at radius 2 is 1.92 bits per heavy atom. The molecule has 0 saturated carbocycles. The molecule has 0 aromatic rings. The van der Waals surface area contributed by atoms with Crippen LogP contribution in [-0.2, 0) is 19.1 Å². The second-order valence-electron chi connectivity index (χ2n) is 11.2. The summed E-state index contributed by atoms with van der Waals surface area (Å²) in [4.78, 5) is 46.9. The SMILES string of the molecule is C=CCN(C)C(=O)[C@H]1[C@@H]2OC3(CC2Br)C(C(=O)N(CC=C)CCCCC)N([C@@H](CO)CC(C)C)C(=O)[C@H]13. The molecule has 0 aromatic heterocycles. The first-order chi connectivity index (χ1) is 17.6. The van der Waals surface area contributed by atoms with E-state index >= 15 is 0 Å². The van der Waals surface area contributed by atoms with E-state index in [1.54, 1.807) is 33.9 Å². The summed E-state index contributed by atoms with van der Waals surface area (Å²) in [5.41, 5.74) is -1.13. The molecule has 3 heterocycles. The third-order valence-electron chi connectivity index (χ3n) is 8.07. The van der Waals surface area contributed by atoms with E-state index in [0.717, 1.165) is 19.3 Å². The molecule has 3 unspecified atom stereocenters. The largest absolute Gasteiger partial charge is 0.394 e. The molecule has 208 valence electrons. The molecule has 3 aliphatic heterocycles. The Labute approximate surface area is 230 Å². The van der Waals surface area contributed by atoms with Crippen molar-refractivity contribution in [3.63, 3.8) is 0 Å². The van der Waals surface area contributed by atoms with Crippen molar-refractivity contribution in [2.75, 3.05) is 33.3 Å². The highest BCUT2D eigenvalue weighted by molar-refractivity contribution is 9.09. The van der Waals surface area contributed by atoms with Gasteiger partial charge in [-0.25, -0.2) is 0 Å². The van der Waals surface area contributed by atoms with Crippen LogP contribution in [-0.4, -0.2) is 99.4 Å². The average Bonchev–Trinajstić information content (AvgIpc) is 3.44. The molecule has 0 aliphatic carbocycles. The van der Waals surface area contributed by atoms with Gasteiger partial charge < -0.3 is 24.5 Å². The lowest BCUT2D eigenvalue weighted by Crippen LogP contribution is -2.59. The number of fused-ring (bicyclic) bond motifs is 1. The van der Waals surface area contributed by atoms with Crippen LogP contribution in [0.5, 0.6) is 0 Å². The van der Waals surface area contributed by atoms with Gasteiger partial charge in [0.1, 0.15) is 11.6 Å². The second-order valence-corrected chi connectivity index (χ2v) is 12.3. The van der Waals surface area contributed by atoms with Crippen molar-refractivity contribution in [1.82, 2.24) is 14.7 Å². The summed E-state index contributed by atoms with van der Waals surface area (Å²) in [7, 11) is 1.70. The van der Waals surface area contributed by atoms with Gasteiger partial charge in [0.25, 0.3) is 0 Å². The molecule has 3 saturated heterocycles. The van der Waals surface area contributed by atoms with E-state index in [-0.39, 0.29) is 35.1 Å². The maximum Gasteiger partial charge on any atom is 0.248 e. The monoisotopic (exact) mass is 581 g/mol. The van der Waals surface area contributed by atoms with Gasteiger partial charge in [-0.1, -0.05) is 61.7 Å². The summed E-state index contributed by atoms with van der Waals surface area (Å²) in [5.74, 6) is -1.92. The van der Waals surface area contributed by atoms with E-state index in [2.05, 4.69) is 36.0 Å². The number of ether oxygens (including phenoxy) is 1. The number of likely N-dealkylation sites (tertiary alicyclic amines) is 1. The van der Waals surface area contributed by atoms with Gasteiger partial charge >= 0.3 is 0 Å². The highest BCUT2D eigenvalue weighted by atomic mass is 79.9. The molecule has 0 radical (unpaired) electrons. The molecule has 3 amide bonds. The van der Waals surface area contributed by atoms with Crippen LogP contribution in [0.4, 0.5) is 0 Å². The Kier molecular flexibility index (Phi) is 10.0. The normalized spacial score (nSPS) is 30.9. The third kappa shape index (κ3) is 5.41. The van der Waals surface area contributed by atoms with Crippen LogP contribution in [0.25, 0.3) is 0 Å². The summed E-state index contributed by atoms with van der Waals surface area (Å²) in [6.07, 6.45) is 6.70. The van der Waals surface area contributed by atoms with Gasteiger partial charge in [-0.05, 0) is 25.2 Å².